The van der Waals surface area contributed by atoms with Crippen molar-refractivity contribution in [2.24, 2.45) is 5.16 Å². The number of oxime groups is 1. The number of benzene rings is 1. The van der Waals surface area contributed by atoms with E-state index in [1.54, 1.807) is 24.3 Å². The quantitative estimate of drug-likeness (QED) is 0.312. The van der Waals surface area contributed by atoms with Crippen LogP contribution in [0.1, 0.15) is 22.8 Å². The maximum absolute atomic E-state index is 10.8. The summed E-state index contributed by atoms with van der Waals surface area (Å²) >= 11 is 0. The van der Waals surface area contributed by atoms with Crippen LogP contribution in [0.2, 0.25) is 0 Å². The summed E-state index contributed by atoms with van der Waals surface area (Å²) in [4.78, 5) is 10.8. The number of Topliss-reactive ketones (excluding diaryl/α,β-unsaturated/α-hetero) is 1. The number of ketones is 1. The van der Waals surface area contributed by atoms with Crippen molar-refractivity contribution in [2.75, 3.05) is 0 Å². The van der Waals surface area contributed by atoms with Crippen LogP contribution in [0.15, 0.2) is 29.4 Å². The van der Waals surface area contributed by atoms with E-state index < -0.39 is 0 Å². The minimum Gasteiger partial charge on any atom is -0.411 e. The molecule has 3 nitrogen and oxygen atoms in total. The Kier molecular flexibility index (Phi) is 2.58. The molecule has 1 aromatic rings. The Morgan fingerprint density at radius 1 is 1.42 bits per heavy atom. The first kappa shape index (κ1) is 8.46. The van der Waals surface area contributed by atoms with Crippen LogP contribution >= 0.6 is 0 Å². The van der Waals surface area contributed by atoms with Crippen molar-refractivity contribution in [3.05, 3.63) is 35.4 Å². The van der Waals surface area contributed by atoms with Gasteiger partial charge in [-0.1, -0.05) is 29.4 Å². The van der Waals surface area contributed by atoms with E-state index in [-0.39, 0.29) is 5.78 Å². The highest BCUT2D eigenvalue weighted by molar-refractivity contribution is 5.94. The third-order valence-electron chi connectivity index (χ3n) is 1.52. The molecule has 0 aliphatic heterocycles. The van der Waals surface area contributed by atoms with Crippen LogP contribution < -0.4 is 0 Å². The van der Waals surface area contributed by atoms with Gasteiger partial charge < -0.3 is 5.21 Å². The predicted molar refractivity (Wildman–Crippen MR) is 45.8 cm³/mol. The monoisotopic (exact) mass is 163 g/mol. The van der Waals surface area contributed by atoms with Crippen LogP contribution in [0, 0.1) is 0 Å². The molecule has 0 heterocycles. The van der Waals surface area contributed by atoms with Crippen molar-refractivity contribution >= 4 is 12.0 Å². The highest BCUT2D eigenvalue weighted by atomic mass is 16.4. The van der Waals surface area contributed by atoms with Crippen molar-refractivity contribution in [1.82, 2.24) is 0 Å². The highest BCUT2D eigenvalue weighted by Crippen LogP contribution is 2.02. The summed E-state index contributed by atoms with van der Waals surface area (Å²) in [7, 11) is 0. The molecule has 3 heteroatoms. The van der Waals surface area contributed by atoms with E-state index in [2.05, 4.69) is 5.16 Å². The Morgan fingerprint density at radius 3 is 2.42 bits per heavy atom. The van der Waals surface area contributed by atoms with Gasteiger partial charge in [-0.2, -0.15) is 0 Å². The van der Waals surface area contributed by atoms with E-state index in [1.807, 2.05) is 0 Å². The third kappa shape index (κ3) is 1.92. The zero-order valence-electron chi connectivity index (χ0n) is 6.69. The van der Waals surface area contributed by atoms with E-state index in [4.69, 9.17) is 5.21 Å². The molecule has 0 fully saturated rings. The molecule has 0 spiro atoms. The number of hydrogen-bond donors (Lipinski definition) is 1. The molecule has 0 saturated carbocycles. The molecule has 12 heavy (non-hydrogen) atoms. The van der Waals surface area contributed by atoms with Gasteiger partial charge in [0.1, 0.15) is 0 Å². The number of hydrogen-bond acceptors (Lipinski definition) is 3. The van der Waals surface area contributed by atoms with E-state index in [1.165, 1.54) is 13.1 Å². The van der Waals surface area contributed by atoms with Crippen LogP contribution in [-0.2, 0) is 0 Å². The summed E-state index contributed by atoms with van der Waals surface area (Å²) in [5.74, 6) is 0.0301. The first-order chi connectivity index (χ1) is 5.74. The molecule has 0 aliphatic rings. The molecular weight excluding hydrogens is 154 g/mol. The number of carbonyl (C=O) groups excluding carboxylic acids is 1. The molecule has 1 rings (SSSR count). The van der Waals surface area contributed by atoms with Crippen LogP contribution in [0.4, 0.5) is 0 Å². The van der Waals surface area contributed by atoms with Gasteiger partial charge in [-0.25, -0.2) is 0 Å². The largest absolute Gasteiger partial charge is 0.411 e. The summed E-state index contributed by atoms with van der Waals surface area (Å²) in [6, 6.07) is 6.82. The molecule has 0 unspecified atom stereocenters. The molecule has 0 bridgehead atoms. The summed E-state index contributed by atoms with van der Waals surface area (Å²) in [5.41, 5.74) is 1.42. The van der Waals surface area contributed by atoms with Crippen molar-refractivity contribution in [2.45, 2.75) is 6.92 Å². The Labute approximate surface area is 70.3 Å². The summed E-state index contributed by atoms with van der Waals surface area (Å²) in [6.45, 7) is 1.51. The van der Waals surface area contributed by atoms with Gasteiger partial charge in [0.15, 0.2) is 5.78 Å². The summed E-state index contributed by atoms with van der Waals surface area (Å²) < 4.78 is 0. The van der Waals surface area contributed by atoms with Gasteiger partial charge in [-0.05, 0) is 12.5 Å². The third-order valence-corrected chi connectivity index (χ3v) is 1.52. The van der Waals surface area contributed by atoms with E-state index >= 15 is 0 Å². The average Bonchev–Trinajstić information content (AvgIpc) is 2.06. The normalized spacial score (nSPS) is 10.4. The maximum atomic E-state index is 10.8. The minimum atomic E-state index is 0.0301. The van der Waals surface area contributed by atoms with Gasteiger partial charge in [0, 0.05) is 5.56 Å². The van der Waals surface area contributed by atoms with Gasteiger partial charge >= 0.3 is 0 Å². The lowest BCUT2D eigenvalue weighted by Gasteiger charge is -1.94. The standard InChI is InChI=1S/C9H9NO2/c1-7(11)9-4-2-8(3-5-9)6-10-12/h2-6,12H,1H3/b10-6+. The lowest BCUT2D eigenvalue weighted by atomic mass is 10.1. The zero-order valence-corrected chi connectivity index (χ0v) is 6.69. The first-order valence-corrected chi connectivity index (χ1v) is 3.52. The fraction of sp³-hybridized carbons (Fsp3) is 0.111. The van der Waals surface area contributed by atoms with Crippen molar-refractivity contribution in [3.8, 4) is 0 Å². The Balaban J connectivity index is 2.93. The average molecular weight is 163 g/mol. The number of carbonyl (C=O) groups is 1. The van der Waals surface area contributed by atoms with Crippen molar-refractivity contribution in [1.29, 1.82) is 0 Å². The van der Waals surface area contributed by atoms with Gasteiger partial charge in [-0.3, -0.25) is 4.79 Å². The molecule has 0 amide bonds. The summed E-state index contributed by atoms with van der Waals surface area (Å²) in [5, 5.41) is 11.1. The summed E-state index contributed by atoms with van der Waals surface area (Å²) in [6.07, 6.45) is 1.31. The SMILES string of the molecule is CC(=O)c1ccc(/C=N/O)cc1. The molecule has 0 saturated heterocycles. The van der Waals surface area contributed by atoms with E-state index in [9.17, 15) is 4.79 Å². The molecule has 62 valence electrons. The van der Waals surface area contributed by atoms with Crippen LogP contribution in [0.25, 0.3) is 0 Å². The number of rotatable bonds is 2. The molecule has 1 aromatic carbocycles. The molecule has 0 atom stereocenters. The highest BCUT2D eigenvalue weighted by Gasteiger charge is 1.96. The molecule has 0 aromatic heterocycles. The minimum absolute atomic E-state index is 0.0301. The van der Waals surface area contributed by atoms with Crippen LogP contribution in [0.5, 0.6) is 0 Å². The van der Waals surface area contributed by atoms with Crippen LogP contribution in [0.3, 0.4) is 0 Å². The van der Waals surface area contributed by atoms with Gasteiger partial charge in [-0.15, -0.1) is 0 Å². The second-order valence-corrected chi connectivity index (χ2v) is 2.42. The van der Waals surface area contributed by atoms with Gasteiger partial charge in [0.2, 0.25) is 0 Å². The lowest BCUT2D eigenvalue weighted by molar-refractivity contribution is 0.101. The predicted octanol–water partition coefficient (Wildman–Crippen LogP) is 1.70. The van der Waals surface area contributed by atoms with Crippen molar-refractivity contribution < 1.29 is 10.0 Å². The second-order valence-electron chi connectivity index (χ2n) is 2.42. The zero-order chi connectivity index (χ0) is 8.97. The van der Waals surface area contributed by atoms with E-state index in [0.29, 0.717) is 5.56 Å². The van der Waals surface area contributed by atoms with Gasteiger partial charge in [0.05, 0.1) is 6.21 Å². The molecule has 0 radical (unpaired) electrons. The van der Waals surface area contributed by atoms with Crippen LogP contribution in [-0.4, -0.2) is 17.2 Å². The Hall–Kier alpha value is -1.64. The maximum Gasteiger partial charge on any atom is 0.159 e. The molecule has 0 aliphatic carbocycles. The lowest BCUT2D eigenvalue weighted by Crippen LogP contribution is -1.91. The second kappa shape index (κ2) is 3.67. The number of nitrogens with zero attached hydrogens (tertiary/aromatic N) is 1. The topological polar surface area (TPSA) is 49.7 Å². The van der Waals surface area contributed by atoms with Gasteiger partial charge in [0.25, 0.3) is 0 Å². The molecule has 1 N–H and O–H groups in total. The first-order valence-electron chi connectivity index (χ1n) is 3.52. The smallest absolute Gasteiger partial charge is 0.159 e. The Bertz CT molecular complexity index is 301. The van der Waals surface area contributed by atoms with E-state index in [0.717, 1.165) is 5.56 Å². The van der Waals surface area contributed by atoms with Crippen molar-refractivity contribution in [3.63, 3.8) is 0 Å². The Morgan fingerprint density at radius 2 is 2.00 bits per heavy atom. The fourth-order valence-electron chi connectivity index (χ4n) is 0.871. The molecular formula is C9H9NO2. The fourth-order valence-corrected chi connectivity index (χ4v) is 0.871.